The van der Waals surface area contributed by atoms with Crippen molar-refractivity contribution in [1.82, 2.24) is 15.5 Å². The van der Waals surface area contributed by atoms with Crippen molar-refractivity contribution >= 4 is 17.9 Å². The Morgan fingerprint density at radius 1 is 1.35 bits per heavy atom. The highest BCUT2D eigenvalue weighted by Crippen LogP contribution is 2.14. The quantitative estimate of drug-likeness (QED) is 0.496. The first-order chi connectivity index (χ1) is 9.38. The molecule has 1 rings (SSSR count). The summed E-state index contributed by atoms with van der Waals surface area (Å²) in [7, 11) is 2.05. The number of carbonyl (C=O) groups excluding carboxylic acids is 2. The number of aliphatic carboxylic acids is 1. The van der Waals surface area contributed by atoms with Gasteiger partial charge in [-0.1, -0.05) is 0 Å². The smallest absolute Gasteiger partial charge is 0.326 e. The van der Waals surface area contributed by atoms with Crippen LogP contribution in [-0.2, 0) is 9.59 Å². The molecular formula is C12H22N4O4. The predicted molar refractivity (Wildman–Crippen MR) is 72.0 cm³/mol. The van der Waals surface area contributed by atoms with Gasteiger partial charge in [0.25, 0.3) is 0 Å². The Morgan fingerprint density at radius 2 is 1.95 bits per heavy atom. The van der Waals surface area contributed by atoms with Crippen LogP contribution in [0, 0.1) is 5.92 Å². The SMILES string of the molecule is CN1CCC(CNC(=O)N[C@H](CC(N)=O)C(=O)O)CC1. The van der Waals surface area contributed by atoms with Crippen LogP contribution in [0.2, 0.25) is 0 Å². The third-order valence-corrected chi connectivity index (χ3v) is 3.40. The molecule has 1 fully saturated rings. The van der Waals surface area contributed by atoms with E-state index in [2.05, 4.69) is 22.6 Å². The molecule has 1 saturated heterocycles. The van der Waals surface area contributed by atoms with Crippen molar-refractivity contribution in [3.63, 3.8) is 0 Å². The van der Waals surface area contributed by atoms with Crippen molar-refractivity contribution in [2.24, 2.45) is 11.7 Å². The number of primary amides is 1. The third-order valence-electron chi connectivity index (χ3n) is 3.40. The average Bonchev–Trinajstić information content (AvgIpc) is 2.36. The predicted octanol–water partition coefficient (Wildman–Crippen LogP) is -1.04. The number of urea groups is 1. The van der Waals surface area contributed by atoms with Gasteiger partial charge in [-0.3, -0.25) is 4.79 Å². The fourth-order valence-electron chi connectivity index (χ4n) is 2.11. The largest absolute Gasteiger partial charge is 0.480 e. The van der Waals surface area contributed by atoms with Crippen molar-refractivity contribution in [2.75, 3.05) is 26.7 Å². The zero-order valence-corrected chi connectivity index (χ0v) is 11.6. The zero-order chi connectivity index (χ0) is 15.1. The van der Waals surface area contributed by atoms with Crippen LogP contribution in [0.25, 0.3) is 0 Å². The van der Waals surface area contributed by atoms with Gasteiger partial charge in [0.1, 0.15) is 6.04 Å². The normalized spacial score (nSPS) is 18.2. The van der Waals surface area contributed by atoms with E-state index in [-0.39, 0.29) is 0 Å². The van der Waals surface area contributed by atoms with Gasteiger partial charge in [-0.25, -0.2) is 9.59 Å². The van der Waals surface area contributed by atoms with Gasteiger partial charge in [0.15, 0.2) is 0 Å². The molecule has 0 aromatic carbocycles. The molecule has 1 atom stereocenters. The molecule has 5 N–H and O–H groups in total. The van der Waals surface area contributed by atoms with E-state index in [1.807, 2.05) is 0 Å². The molecule has 0 unspecified atom stereocenters. The van der Waals surface area contributed by atoms with E-state index in [4.69, 9.17) is 10.8 Å². The summed E-state index contributed by atoms with van der Waals surface area (Å²) in [4.78, 5) is 35.4. The number of hydrogen-bond donors (Lipinski definition) is 4. The number of piperidine rings is 1. The molecule has 0 aliphatic carbocycles. The molecule has 0 spiro atoms. The van der Waals surface area contributed by atoms with Gasteiger partial charge in [-0.15, -0.1) is 0 Å². The van der Waals surface area contributed by atoms with Crippen molar-refractivity contribution in [2.45, 2.75) is 25.3 Å². The molecule has 0 saturated carbocycles. The molecule has 1 aliphatic heterocycles. The van der Waals surface area contributed by atoms with Gasteiger partial charge in [-0.2, -0.15) is 0 Å². The summed E-state index contributed by atoms with van der Waals surface area (Å²) >= 11 is 0. The standard InChI is InChI=1S/C12H22N4O4/c1-16-4-2-8(3-5-16)7-14-12(20)15-9(11(18)19)6-10(13)17/h8-9H,2-7H2,1H3,(H2,13,17)(H,18,19)(H2,14,15,20)/t9-/m1/s1. The summed E-state index contributed by atoms with van der Waals surface area (Å²) in [6, 6.07) is -1.87. The minimum Gasteiger partial charge on any atom is -0.480 e. The molecule has 0 aromatic rings. The van der Waals surface area contributed by atoms with Crippen LogP contribution in [-0.4, -0.2) is 60.6 Å². The number of rotatable bonds is 6. The average molecular weight is 286 g/mol. The minimum atomic E-state index is -1.29. The highest BCUT2D eigenvalue weighted by Gasteiger charge is 2.23. The van der Waals surface area contributed by atoms with Crippen LogP contribution in [0.3, 0.4) is 0 Å². The van der Waals surface area contributed by atoms with Crippen LogP contribution in [0.1, 0.15) is 19.3 Å². The fraction of sp³-hybridized carbons (Fsp3) is 0.750. The molecule has 8 nitrogen and oxygen atoms in total. The number of nitrogens with one attached hydrogen (secondary N) is 2. The topological polar surface area (TPSA) is 125 Å². The lowest BCUT2D eigenvalue weighted by atomic mass is 9.97. The zero-order valence-electron chi connectivity index (χ0n) is 11.6. The Kier molecular flexibility index (Phi) is 6.23. The van der Waals surface area contributed by atoms with E-state index >= 15 is 0 Å². The second kappa shape index (κ2) is 7.68. The lowest BCUT2D eigenvalue weighted by Crippen LogP contribution is -2.49. The van der Waals surface area contributed by atoms with Crippen LogP contribution < -0.4 is 16.4 Å². The van der Waals surface area contributed by atoms with Gasteiger partial charge in [0, 0.05) is 6.54 Å². The molecule has 0 bridgehead atoms. The number of amides is 3. The van der Waals surface area contributed by atoms with E-state index in [0.717, 1.165) is 25.9 Å². The molecule has 0 radical (unpaired) electrons. The molecule has 8 heteroatoms. The van der Waals surface area contributed by atoms with Gasteiger partial charge >= 0.3 is 12.0 Å². The van der Waals surface area contributed by atoms with E-state index in [9.17, 15) is 14.4 Å². The van der Waals surface area contributed by atoms with E-state index in [1.54, 1.807) is 0 Å². The number of nitrogens with two attached hydrogens (primary N) is 1. The second-order valence-electron chi connectivity index (χ2n) is 5.16. The number of carbonyl (C=O) groups is 3. The van der Waals surface area contributed by atoms with Crippen LogP contribution in [0.5, 0.6) is 0 Å². The molecule has 1 heterocycles. The van der Waals surface area contributed by atoms with Gasteiger partial charge in [-0.05, 0) is 38.9 Å². The first-order valence-corrected chi connectivity index (χ1v) is 6.62. The summed E-state index contributed by atoms with van der Waals surface area (Å²) in [5.41, 5.74) is 4.93. The van der Waals surface area contributed by atoms with Crippen LogP contribution in [0.4, 0.5) is 4.79 Å². The van der Waals surface area contributed by atoms with Crippen molar-refractivity contribution < 1.29 is 19.5 Å². The summed E-state index contributed by atoms with van der Waals surface area (Å²) in [5.74, 6) is -1.65. The number of nitrogens with zero attached hydrogens (tertiary/aromatic N) is 1. The Morgan fingerprint density at radius 3 is 2.45 bits per heavy atom. The molecule has 20 heavy (non-hydrogen) atoms. The lowest BCUT2D eigenvalue weighted by Gasteiger charge is -2.29. The maximum atomic E-state index is 11.6. The van der Waals surface area contributed by atoms with Gasteiger partial charge < -0.3 is 26.4 Å². The van der Waals surface area contributed by atoms with Gasteiger partial charge in [0.2, 0.25) is 5.91 Å². The first-order valence-electron chi connectivity index (χ1n) is 6.62. The number of hydrogen-bond acceptors (Lipinski definition) is 4. The number of carboxylic acid groups (broad SMARTS) is 1. The minimum absolute atomic E-state index is 0.399. The Bertz CT molecular complexity index is 366. The van der Waals surface area contributed by atoms with Crippen molar-refractivity contribution in [3.8, 4) is 0 Å². The highest BCUT2D eigenvalue weighted by atomic mass is 16.4. The Hall–Kier alpha value is -1.83. The highest BCUT2D eigenvalue weighted by molar-refractivity contribution is 5.87. The number of carboxylic acids is 1. The van der Waals surface area contributed by atoms with Gasteiger partial charge in [0.05, 0.1) is 6.42 Å². The molecule has 0 aromatic heterocycles. The van der Waals surface area contributed by atoms with Crippen LogP contribution >= 0.6 is 0 Å². The summed E-state index contributed by atoms with van der Waals surface area (Å²) in [5, 5.41) is 13.7. The fourth-order valence-corrected chi connectivity index (χ4v) is 2.11. The monoisotopic (exact) mass is 286 g/mol. The van der Waals surface area contributed by atoms with E-state index in [1.165, 1.54) is 0 Å². The molecule has 3 amide bonds. The van der Waals surface area contributed by atoms with Crippen LogP contribution in [0.15, 0.2) is 0 Å². The second-order valence-corrected chi connectivity index (χ2v) is 5.16. The van der Waals surface area contributed by atoms with E-state index in [0.29, 0.717) is 12.5 Å². The van der Waals surface area contributed by atoms with E-state index < -0.39 is 30.4 Å². The Balaban J connectivity index is 2.31. The summed E-state index contributed by atoms with van der Waals surface area (Å²) < 4.78 is 0. The summed E-state index contributed by atoms with van der Waals surface area (Å²) in [6.07, 6.45) is 1.58. The Labute approximate surface area is 117 Å². The molecular weight excluding hydrogens is 264 g/mol. The number of likely N-dealkylation sites (tertiary alicyclic amines) is 1. The van der Waals surface area contributed by atoms with Crippen molar-refractivity contribution in [3.05, 3.63) is 0 Å². The molecule has 1 aliphatic rings. The maximum absolute atomic E-state index is 11.6. The summed E-state index contributed by atoms with van der Waals surface area (Å²) in [6.45, 7) is 2.49. The molecule has 114 valence electrons. The van der Waals surface area contributed by atoms with Crippen molar-refractivity contribution in [1.29, 1.82) is 0 Å². The first kappa shape index (κ1) is 16.2. The maximum Gasteiger partial charge on any atom is 0.326 e. The third kappa shape index (κ3) is 5.87. The lowest BCUT2D eigenvalue weighted by molar-refractivity contribution is -0.140.